The van der Waals surface area contributed by atoms with Crippen molar-refractivity contribution in [2.45, 2.75) is 59.0 Å². The summed E-state index contributed by atoms with van der Waals surface area (Å²) in [6.07, 6.45) is 5.04. The van der Waals surface area contributed by atoms with Crippen molar-refractivity contribution in [3.63, 3.8) is 0 Å². The lowest BCUT2D eigenvalue weighted by Crippen LogP contribution is -2.24. The molecule has 14 heavy (non-hydrogen) atoms. The maximum atomic E-state index is 10.3. The molecule has 2 nitrogen and oxygen atoms in total. The van der Waals surface area contributed by atoms with E-state index < -0.39 is 0 Å². The highest BCUT2D eigenvalue weighted by atomic mass is 16.5. The number of rotatable bonds is 8. The van der Waals surface area contributed by atoms with Crippen LogP contribution in [0.3, 0.4) is 0 Å². The molecule has 0 amide bonds. The second-order valence-electron chi connectivity index (χ2n) is 4.59. The second-order valence-corrected chi connectivity index (χ2v) is 4.59. The van der Waals surface area contributed by atoms with E-state index in [1.165, 1.54) is 0 Å². The lowest BCUT2D eigenvalue weighted by atomic mass is 9.95. The Balaban J connectivity index is 3.56. The van der Waals surface area contributed by atoms with Crippen LogP contribution in [0.5, 0.6) is 0 Å². The first kappa shape index (κ1) is 13.6. The Morgan fingerprint density at radius 1 is 1.43 bits per heavy atom. The van der Waals surface area contributed by atoms with E-state index in [0.717, 1.165) is 32.2 Å². The van der Waals surface area contributed by atoms with Crippen LogP contribution in [-0.2, 0) is 9.53 Å². The van der Waals surface area contributed by atoms with Gasteiger partial charge in [-0.3, -0.25) is 0 Å². The Hall–Kier alpha value is -0.370. The summed E-state index contributed by atoms with van der Waals surface area (Å²) in [5, 5.41) is 0. The SMILES string of the molecule is CCOC(C)(C)CCCC(C)CC=O. The number of hydrogen-bond donors (Lipinski definition) is 0. The lowest BCUT2D eigenvalue weighted by Gasteiger charge is -2.25. The Morgan fingerprint density at radius 3 is 2.57 bits per heavy atom. The first-order valence-electron chi connectivity index (χ1n) is 5.59. The van der Waals surface area contributed by atoms with E-state index >= 15 is 0 Å². The van der Waals surface area contributed by atoms with Crippen LogP contribution in [-0.4, -0.2) is 18.5 Å². The minimum absolute atomic E-state index is 0.00432. The molecule has 0 aromatic rings. The van der Waals surface area contributed by atoms with Gasteiger partial charge in [0.05, 0.1) is 5.60 Å². The van der Waals surface area contributed by atoms with Gasteiger partial charge in [-0.25, -0.2) is 0 Å². The van der Waals surface area contributed by atoms with E-state index in [0.29, 0.717) is 12.3 Å². The fourth-order valence-corrected chi connectivity index (χ4v) is 1.62. The van der Waals surface area contributed by atoms with Crippen LogP contribution in [0.25, 0.3) is 0 Å². The average molecular weight is 200 g/mol. The number of hydrogen-bond acceptors (Lipinski definition) is 2. The van der Waals surface area contributed by atoms with Crippen molar-refractivity contribution < 1.29 is 9.53 Å². The van der Waals surface area contributed by atoms with Gasteiger partial charge < -0.3 is 9.53 Å². The second kappa shape index (κ2) is 6.99. The first-order chi connectivity index (χ1) is 6.52. The zero-order valence-corrected chi connectivity index (χ0v) is 10.0. The van der Waals surface area contributed by atoms with Crippen molar-refractivity contribution >= 4 is 6.29 Å². The van der Waals surface area contributed by atoms with Gasteiger partial charge >= 0.3 is 0 Å². The molecule has 0 aromatic heterocycles. The molecule has 0 aliphatic heterocycles. The highest BCUT2D eigenvalue weighted by molar-refractivity contribution is 5.49. The Kier molecular flexibility index (Phi) is 6.81. The maximum Gasteiger partial charge on any atom is 0.120 e. The zero-order chi connectivity index (χ0) is 11.0. The Bertz CT molecular complexity index is 152. The molecule has 2 heteroatoms. The van der Waals surface area contributed by atoms with Crippen LogP contribution in [0.4, 0.5) is 0 Å². The minimum Gasteiger partial charge on any atom is -0.376 e. The van der Waals surface area contributed by atoms with Gasteiger partial charge in [0, 0.05) is 13.0 Å². The molecule has 0 aliphatic rings. The topological polar surface area (TPSA) is 26.3 Å². The van der Waals surface area contributed by atoms with E-state index in [9.17, 15) is 4.79 Å². The number of ether oxygens (including phenoxy) is 1. The largest absolute Gasteiger partial charge is 0.376 e. The molecule has 1 unspecified atom stereocenters. The molecule has 0 heterocycles. The zero-order valence-electron chi connectivity index (χ0n) is 10.0. The monoisotopic (exact) mass is 200 g/mol. The van der Waals surface area contributed by atoms with E-state index in [1.807, 2.05) is 6.92 Å². The van der Waals surface area contributed by atoms with Crippen LogP contribution in [0, 0.1) is 5.92 Å². The molecule has 0 saturated heterocycles. The maximum absolute atomic E-state index is 10.3. The summed E-state index contributed by atoms with van der Waals surface area (Å²) in [7, 11) is 0. The predicted molar refractivity (Wildman–Crippen MR) is 59.4 cm³/mol. The third-order valence-electron chi connectivity index (χ3n) is 2.51. The van der Waals surface area contributed by atoms with E-state index in [1.54, 1.807) is 0 Å². The van der Waals surface area contributed by atoms with Gasteiger partial charge in [0.25, 0.3) is 0 Å². The summed E-state index contributed by atoms with van der Waals surface area (Å²) in [6.45, 7) is 9.18. The van der Waals surface area contributed by atoms with Gasteiger partial charge in [0.15, 0.2) is 0 Å². The number of carbonyl (C=O) groups is 1. The first-order valence-corrected chi connectivity index (χ1v) is 5.59. The highest BCUT2D eigenvalue weighted by Crippen LogP contribution is 2.20. The highest BCUT2D eigenvalue weighted by Gasteiger charge is 2.17. The quantitative estimate of drug-likeness (QED) is 0.562. The standard InChI is InChI=1S/C12H24O2/c1-5-14-12(3,4)9-6-7-11(2)8-10-13/h10-11H,5-9H2,1-4H3. The summed E-state index contributed by atoms with van der Waals surface area (Å²) < 4.78 is 5.60. The van der Waals surface area contributed by atoms with Gasteiger partial charge in [-0.05, 0) is 33.1 Å². The molecule has 0 aliphatic carbocycles. The Labute approximate surface area is 88.0 Å². The molecule has 0 saturated carbocycles. The summed E-state index contributed by atoms with van der Waals surface area (Å²) >= 11 is 0. The molecular weight excluding hydrogens is 176 g/mol. The molecule has 0 aromatic carbocycles. The van der Waals surface area contributed by atoms with Gasteiger partial charge in [0.2, 0.25) is 0 Å². The summed E-state index contributed by atoms with van der Waals surface area (Å²) in [6, 6.07) is 0. The summed E-state index contributed by atoms with van der Waals surface area (Å²) in [4.78, 5) is 10.3. The molecule has 0 fully saturated rings. The summed E-state index contributed by atoms with van der Waals surface area (Å²) in [5.41, 5.74) is -0.00432. The van der Waals surface area contributed by atoms with Crippen molar-refractivity contribution in [3.8, 4) is 0 Å². The van der Waals surface area contributed by atoms with Crippen LogP contribution < -0.4 is 0 Å². The van der Waals surface area contributed by atoms with Gasteiger partial charge in [-0.1, -0.05) is 19.8 Å². The van der Waals surface area contributed by atoms with Crippen molar-refractivity contribution in [1.82, 2.24) is 0 Å². The molecule has 0 spiro atoms. The molecule has 0 bridgehead atoms. The molecular formula is C12H24O2. The normalized spacial score (nSPS) is 14.0. The minimum atomic E-state index is -0.00432. The molecule has 0 N–H and O–H groups in total. The van der Waals surface area contributed by atoms with Gasteiger partial charge in [-0.15, -0.1) is 0 Å². The third-order valence-corrected chi connectivity index (χ3v) is 2.51. The van der Waals surface area contributed by atoms with E-state index in [2.05, 4.69) is 20.8 Å². The van der Waals surface area contributed by atoms with E-state index in [-0.39, 0.29) is 5.60 Å². The van der Waals surface area contributed by atoms with Crippen LogP contribution in [0.2, 0.25) is 0 Å². The van der Waals surface area contributed by atoms with Crippen LogP contribution in [0.1, 0.15) is 53.4 Å². The Morgan fingerprint density at radius 2 is 2.07 bits per heavy atom. The van der Waals surface area contributed by atoms with Crippen molar-refractivity contribution in [2.75, 3.05) is 6.61 Å². The molecule has 0 radical (unpaired) electrons. The van der Waals surface area contributed by atoms with Crippen molar-refractivity contribution in [2.24, 2.45) is 5.92 Å². The van der Waals surface area contributed by atoms with Crippen LogP contribution in [0.15, 0.2) is 0 Å². The fraction of sp³-hybridized carbons (Fsp3) is 0.917. The van der Waals surface area contributed by atoms with E-state index in [4.69, 9.17) is 4.74 Å². The number of aldehydes is 1. The summed E-state index contributed by atoms with van der Waals surface area (Å²) in [5.74, 6) is 0.518. The van der Waals surface area contributed by atoms with Gasteiger partial charge in [-0.2, -0.15) is 0 Å². The third kappa shape index (κ3) is 7.07. The molecule has 84 valence electrons. The number of carbonyl (C=O) groups excluding carboxylic acids is 1. The average Bonchev–Trinajstić information content (AvgIpc) is 2.03. The van der Waals surface area contributed by atoms with Crippen molar-refractivity contribution in [3.05, 3.63) is 0 Å². The van der Waals surface area contributed by atoms with Gasteiger partial charge in [0.1, 0.15) is 6.29 Å². The van der Waals surface area contributed by atoms with Crippen molar-refractivity contribution in [1.29, 1.82) is 0 Å². The fourth-order valence-electron chi connectivity index (χ4n) is 1.62. The smallest absolute Gasteiger partial charge is 0.120 e. The molecule has 0 rings (SSSR count). The molecule has 1 atom stereocenters. The predicted octanol–water partition coefficient (Wildman–Crippen LogP) is 3.20. The van der Waals surface area contributed by atoms with Crippen LogP contribution >= 0.6 is 0 Å². The lowest BCUT2D eigenvalue weighted by molar-refractivity contribution is -0.108.